The van der Waals surface area contributed by atoms with Gasteiger partial charge in [0.2, 0.25) is 5.91 Å². The summed E-state index contributed by atoms with van der Waals surface area (Å²) >= 11 is 1.36. The lowest BCUT2D eigenvalue weighted by Gasteiger charge is -2.26. The first-order chi connectivity index (χ1) is 16.2. The Morgan fingerprint density at radius 1 is 0.970 bits per heavy atom. The maximum atomic E-state index is 12.8. The lowest BCUT2D eigenvalue weighted by Crippen LogP contribution is -2.38. The number of carbonyl (C=O) groups is 1. The van der Waals surface area contributed by atoms with Crippen LogP contribution in [0.5, 0.6) is 5.75 Å². The Balaban J connectivity index is 1.43. The van der Waals surface area contributed by atoms with Gasteiger partial charge in [-0.25, -0.2) is 0 Å². The third-order valence-electron chi connectivity index (χ3n) is 5.41. The van der Waals surface area contributed by atoms with Gasteiger partial charge in [-0.2, -0.15) is 0 Å². The second-order valence-corrected chi connectivity index (χ2v) is 8.57. The summed E-state index contributed by atoms with van der Waals surface area (Å²) in [5.74, 6) is 1.04. The average molecular weight is 459 g/mol. The Morgan fingerprint density at radius 2 is 1.58 bits per heavy atom. The average Bonchev–Trinajstić information content (AvgIpc) is 3.33. The largest absolute Gasteiger partial charge is 0.497 e. The molecule has 0 radical (unpaired) electrons. The van der Waals surface area contributed by atoms with Gasteiger partial charge in [0.15, 0.2) is 5.16 Å². The Bertz CT molecular complexity index is 1120. The van der Waals surface area contributed by atoms with Crippen molar-refractivity contribution >= 4 is 17.7 Å². The molecule has 4 rings (SSSR count). The maximum absolute atomic E-state index is 12.8. The molecule has 1 heterocycles. The van der Waals surface area contributed by atoms with E-state index in [0.29, 0.717) is 5.16 Å². The molecule has 1 N–H and O–H groups in total. The van der Waals surface area contributed by atoms with Crippen molar-refractivity contribution in [3.05, 3.63) is 102 Å². The molecule has 0 aliphatic carbocycles. The smallest absolute Gasteiger partial charge is 0.230 e. The first-order valence-corrected chi connectivity index (χ1v) is 11.7. The van der Waals surface area contributed by atoms with E-state index in [1.165, 1.54) is 22.9 Å². The minimum atomic E-state index is -0.0811. The molecule has 0 fully saturated rings. The van der Waals surface area contributed by atoms with Crippen molar-refractivity contribution in [2.75, 3.05) is 12.9 Å². The van der Waals surface area contributed by atoms with E-state index in [1.807, 2.05) is 72.2 Å². The highest BCUT2D eigenvalue weighted by Crippen LogP contribution is 2.28. The summed E-state index contributed by atoms with van der Waals surface area (Å²) in [7, 11) is 1.63. The van der Waals surface area contributed by atoms with Crippen LogP contribution in [0.15, 0.2) is 96.4 Å². The number of nitrogens with one attached hydrogen (secondary N) is 1. The molecule has 33 heavy (non-hydrogen) atoms. The third-order valence-corrected chi connectivity index (χ3v) is 6.35. The summed E-state index contributed by atoms with van der Waals surface area (Å²) in [4.78, 5) is 12.8. The highest BCUT2D eigenvalue weighted by molar-refractivity contribution is 7.99. The van der Waals surface area contributed by atoms with Gasteiger partial charge < -0.3 is 10.1 Å². The number of nitrogens with zero attached hydrogens (tertiary/aromatic N) is 3. The van der Waals surface area contributed by atoms with E-state index in [-0.39, 0.29) is 23.6 Å². The molecule has 1 unspecified atom stereocenters. The molecule has 0 saturated carbocycles. The Kier molecular flexibility index (Phi) is 7.42. The molecule has 0 aliphatic rings. The van der Waals surface area contributed by atoms with Crippen molar-refractivity contribution in [3.63, 3.8) is 0 Å². The van der Waals surface area contributed by atoms with E-state index in [9.17, 15) is 4.79 Å². The van der Waals surface area contributed by atoms with Crippen LogP contribution in [-0.4, -0.2) is 39.6 Å². The van der Waals surface area contributed by atoms with Crippen molar-refractivity contribution in [2.24, 2.45) is 0 Å². The minimum absolute atomic E-state index is 0.0476. The number of amides is 1. The zero-order chi connectivity index (χ0) is 23.0. The number of aromatic nitrogens is 3. The molecule has 1 atom stereocenters. The lowest BCUT2D eigenvalue weighted by molar-refractivity contribution is -0.119. The van der Waals surface area contributed by atoms with Crippen LogP contribution in [0.4, 0.5) is 0 Å². The van der Waals surface area contributed by atoms with Crippen LogP contribution < -0.4 is 10.1 Å². The highest BCUT2D eigenvalue weighted by atomic mass is 32.2. The lowest BCUT2D eigenvalue weighted by atomic mass is 9.86. The fourth-order valence-corrected chi connectivity index (χ4v) is 4.58. The van der Waals surface area contributed by atoms with Crippen molar-refractivity contribution in [1.82, 2.24) is 20.1 Å². The van der Waals surface area contributed by atoms with Crippen molar-refractivity contribution in [3.8, 4) is 11.4 Å². The SMILES string of the molecule is COc1ccc(-n2cnnc2SCC(=O)NC(C)C(c2ccccc2)c2ccccc2)cc1. The molecule has 0 bridgehead atoms. The first-order valence-electron chi connectivity index (χ1n) is 10.7. The summed E-state index contributed by atoms with van der Waals surface area (Å²) in [6.45, 7) is 2.05. The van der Waals surface area contributed by atoms with Gasteiger partial charge in [0.05, 0.1) is 12.9 Å². The molecule has 3 aromatic carbocycles. The van der Waals surface area contributed by atoms with Gasteiger partial charge in [0.1, 0.15) is 12.1 Å². The van der Waals surface area contributed by atoms with Crippen LogP contribution in [-0.2, 0) is 4.79 Å². The summed E-state index contributed by atoms with van der Waals surface area (Å²) < 4.78 is 7.08. The van der Waals surface area contributed by atoms with E-state index in [1.54, 1.807) is 13.4 Å². The fourth-order valence-electron chi connectivity index (χ4n) is 3.84. The Labute approximate surface area is 198 Å². The third kappa shape index (κ3) is 5.62. The molecule has 7 heteroatoms. The van der Waals surface area contributed by atoms with Crippen LogP contribution in [0, 0.1) is 0 Å². The molecule has 0 spiro atoms. The van der Waals surface area contributed by atoms with Gasteiger partial charge in [-0.1, -0.05) is 72.4 Å². The van der Waals surface area contributed by atoms with Gasteiger partial charge in [-0.05, 0) is 42.3 Å². The van der Waals surface area contributed by atoms with Crippen LogP contribution in [0.2, 0.25) is 0 Å². The quantitative estimate of drug-likeness (QED) is 0.368. The van der Waals surface area contributed by atoms with Crippen molar-refractivity contribution < 1.29 is 9.53 Å². The Morgan fingerprint density at radius 3 is 2.15 bits per heavy atom. The second kappa shape index (κ2) is 10.8. The van der Waals surface area contributed by atoms with E-state index < -0.39 is 0 Å². The molecule has 168 valence electrons. The van der Waals surface area contributed by atoms with Crippen LogP contribution >= 0.6 is 11.8 Å². The van der Waals surface area contributed by atoms with Crippen LogP contribution in [0.1, 0.15) is 24.0 Å². The molecule has 1 amide bonds. The Hall–Kier alpha value is -3.58. The molecule has 4 aromatic rings. The summed E-state index contributed by atoms with van der Waals surface area (Å²) in [6, 6.07) is 28.1. The van der Waals surface area contributed by atoms with Gasteiger partial charge in [-0.15, -0.1) is 10.2 Å². The number of ether oxygens (including phenoxy) is 1. The van der Waals surface area contributed by atoms with E-state index in [2.05, 4.69) is 39.8 Å². The number of hydrogen-bond donors (Lipinski definition) is 1. The molecule has 0 aliphatic heterocycles. The number of rotatable bonds is 9. The minimum Gasteiger partial charge on any atom is -0.497 e. The number of hydrogen-bond acceptors (Lipinski definition) is 5. The number of benzene rings is 3. The van der Waals surface area contributed by atoms with Crippen LogP contribution in [0.3, 0.4) is 0 Å². The molecule has 1 aromatic heterocycles. The van der Waals surface area contributed by atoms with Gasteiger partial charge in [-0.3, -0.25) is 9.36 Å². The van der Waals surface area contributed by atoms with E-state index in [4.69, 9.17) is 4.74 Å². The number of thioether (sulfide) groups is 1. The molecular weight excluding hydrogens is 432 g/mol. The first kappa shape index (κ1) is 22.6. The van der Waals surface area contributed by atoms with Crippen molar-refractivity contribution in [1.29, 1.82) is 0 Å². The zero-order valence-corrected chi connectivity index (χ0v) is 19.4. The molecule has 6 nitrogen and oxygen atoms in total. The normalized spacial score (nSPS) is 11.8. The predicted molar refractivity (Wildman–Crippen MR) is 131 cm³/mol. The zero-order valence-electron chi connectivity index (χ0n) is 18.6. The second-order valence-electron chi connectivity index (χ2n) is 7.63. The summed E-state index contributed by atoms with van der Waals surface area (Å²) in [5, 5.41) is 12.0. The van der Waals surface area contributed by atoms with Crippen LogP contribution in [0.25, 0.3) is 5.69 Å². The summed E-state index contributed by atoms with van der Waals surface area (Å²) in [5.41, 5.74) is 3.25. The summed E-state index contributed by atoms with van der Waals surface area (Å²) in [6.07, 6.45) is 1.64. The number of carbonyl (C=O) groups excluding carboxylic acids is 1. The topological polar surface area (TPSA) is 69.0 Å². The fraction of sp³-hybridized carbons (Fsp3) is 0.192. The van der Waals surface area contributed by atoms with Gasteiger partial charge in [0.25, 0.3) is 0 Å². The number of methoxy groups -OCH3 is 1. The van der Waals surface area contributed by atoms with Gasteiger partial charge in [0, 0.05) is 17.6 Å². The maximum Gasteiger partial charge on any atom is 0.230 e. The highest BCUT2D eigenvalue weighted by Gasteiger charge is 2.23. The monoisotopic (exact) mass is 458 g/mol. The standard InChI is InChI=1S/C26H26N4O2S/c1-19(25(20-9-5-3-6-10-20)21-11-7-4-8-12-21)28-24(31)17-33-26-29-27-18-30(26)22-13-15-23(32-2)16-14-22/h3-16,18-19,25H,17H2,1-2H3,(H,28,31). The van der Waals surface area contributed by atoms with Gasteiger partial charge >= 0.3 is 0 Å². The van der Waals surface area contributed by atoms with Crippen molar-refractivity contribution in [2.45, 2.75) is 24.0 Å². The molecular formula is C26H26N4O2S. The predicted octanol–water partition coefficient (Wildman–Crippen LogP) is 4.70. The van der Waals surface area contributed by atoms with E-state index >= 15 is 0 Å². The molecule has 0 saturated heterocycles. The van der Waals surface area contributed by atoms with E-state index in [0.717, 1.165) is 11.4 Å².